The smallest absolute Gasteiger partial charge is 0.224 e. The third kappa shape index (κ3) is 2.44. The van der Waals surface area contributed by atoms with E-state index in [9.17, 15) is 4.79 Å². The Morgan fingerprint density at radius 1 is 1.43 bits per heavy atom. The molecular formula is C17H22N2O2. The molecule has 1 heterocycles. The molecule has 2 aromatic rings. The van der Waals surface area contributed by atoms with Gasteiger partial charge in [-0.3, -0.25) is 4.79 Å². The number of fused-ring (bicyclic) bond motifs is 1. The van der Waals surface area contributed by atoms with Gasteiger partial charge in [0.1, 0.15) is 0 Å². The summed E-state index contributed by atoms with van der Waals surface area (Å²) in [6.07, 6.45) is 3.46. The Morgan fingerprint density at radius 3 is 2.90 bits per heavy atom. The van der Waals surface area contributed by atoms with Gasteiger partial charge in [0.05, 0.1) is 12.5 Å². The second-order valence-corrected chi connectivity index (χ2v) is 6.44. The summed E-state index contributed by atoms with van der Waals surface area (Å²) < 4.78 is 5.42. The molecule has 1 aliphatic rings. The quantitative estimate of drug-likeness (QED) is 0.908. The van der Waals surface area contributed by atoms with Gasteiger partial charge in [-0.05, 0) is 18.1 Å². The van der Waals surface area contributed by atoms with E-state index in [2.05, 4.69) is 24.1 Å². The Kier molecular flexibility index (Phi) is 3.49. The molecule has 21 heavy (non-hydrogen) atoms. The molecule has 1 fully saturated rings. The minimum atomic E-state index is 0.00459. The van der Waals surface area contributed by atoms with Crippen LogP contribution in [0.3, 0.4) is 0 Å². The summed E-state index contributed by atoms with van der Waals surface area (Å²) in [7, 11) is 1.73. The third-order valence-electron chi connectivity index (χ3n) is 4.82. The van der Waals surface area contributed by atoms with Gasteiger partial charge >= 0.3 is 0 Å². The zero-order chi connectivity index (χ0) is 15.0. The summed E-state index contributed by atoms with van der Waals surface area (Å²) >= 11 is 0. The number of H-pyrrole nitrogens is 1. The highest BCUT2D eigenvalue weighted by Gasteiger charge is 2.49. The molecule has 4 heteroatoms. The highest BCUT2D eigenvalue weighted by molar-refractivity contribution is 5.89. The van der Waals surface area contributed by atoms with Crippen LogP contribution < -0.4 is 5.32 Å². The Morgan fingerprint density at radius 2 is 2.19 bits per heavy atom. The predicted octanol–water partition coefficient (Wildman–Crippen LogP) is 2.64. The fourth-order valence-corrected chi connectivity index (χ4v) is 3.23. The predicted molar refractivity (Wildman–Crippen MR) is 83.1 cm³/mol. The van der Waals surface area contributed by atoms with Crippen LogP contribution in [0.1, 0.15) is 25.8 Å². The highest BCUT2D eigenvalue weighted by Crippen LogP contribution is 2.42. The van der Waals surface area contributed by atoms with Crippen LogP contribution in [0.15, 0.2) is 30.5 Å². The Bertz CT molecular complexity index is 660. The van der Waals surface area contributed by atoms with Crippen LogP contribution in [-0.2, 0) is 16.0 Å². The van der Waals surface area contributed by atoms with Crippen LogP contribution in [-0.4, -0.2) is 30.1 Å². The van der Waals surface area contributed by atoms with E-state index in [0.717, 1.165) is 22.9 Å². The normalized spacial score (nSPS) is 23.8. The van der Waals surface area contributed by atoms with Crippen molar-refractivity contribution < 1.29 is 9.53 Å². The first-order chi connectivity index (χ1) is 10.0. The van der Waals surface area contributed by atoms with Gasteiger partial charge < -0.3 is 15.0 Å². The van der Waals surface area contributed by atoms with Gasteiger partial charge in [0.15, 0.2) is 0 Å². The van der Waals surface area contributed by atoms with Crippen LogP contribution in [0.2, 0.25) is 0 Å². The lowest BCUT2D eigenvalue weighted by Crippen LogP contribution is -2.61. The van der Waals surface area contributed by atoms with Crippen LogP contribution in [0.25, 0.3) is 10.9 Å². The van der Waals surface area contributed by atoms with Crippen LogP contribution in [0.5, 0.6) is 0 Å². The molecule has 0 radical (unpaired) electrons. The van der Waals surface area contributed by atoms with E-state index in [4.69, 9.17) is 4.74 Å². The van der Waals surface area contributed by atoms with Gasteiger partial charge in [-0.15, -0.1) is 0 Å². The average molecular weight is 286 g/mol. The lowest BCUT2D eigenvalue weighted by Gasteiger charge is -2.51. The first-order valence-electron chi connectivity index (χ1n) is 7.39. The van der Waals surface area contributed by atoms with E-state index < -0.39 is 0 Å². The van der Waals surface area contributed by atoms with E-state index in [1.54, 1.807) is 7.11 Å². The van der Waals surface area contributed by atoms with Gasteiger partial charge in [-0.2, -0.15) is 0 Å². The van der Waals surface area contributed by atoms with Crippen molar-refractivity contribution >= 4 is 16.8 Å². The first kappa shape index (κ1) is 14.1. The number of aromatic amines is 1. The zero-order valence-electron chi connectivity index (χ0n) is 12.8. The van der Waals surface area contributed by atoms with Crippen molar-refractivity contribution in [2.24, 2.45) is 5.41 Å². The molecule has 3 rings (SSSR count). The summed E-state index contributed by atoms with van der Waals surface area (Å²) in [5, 5.41) is 4.26. The number of ether oxygens (including phenoxy) is 1. The first-order valence-corrected chi connectivity index (χ1v) is 7.39. The molecule has 1 aromatic heterocycles. The van der Waals surface area contributed by atoms with Crippen LogP contribution >= 0.6 is 0 Å². The lowest BCUT2D eigenvalue weighted by atomic mass is 9.64. The molecule has 0 bridgehead atoms. The number of nitrogens with one attached hydrogen (secondary N) is 2. The Labute approximate surface area is 124 Å². The average Bonchev–Trinajstić information content (AvgIpc) is 2.86. The van der Waals surface area contributed by atoms with E-state index in [-0.39, 0.29) is 23.5 Å². The topological polar surface area (TPSA) is 54.1 Å². The van der Waals surface area contributed by atoms with Crippen molar-refractivity contribution in [3.63, 3.8) is 0 Å². The van der Waals surface area contributed by atoms with E-state index in [1.165, 1.54) is 0 Å². The minimum Gasteiger partial charge on any atom is -0.381 e. The molecule has 0 aliphatic heterocycles. The maximum absolute atomic E-state index is 12.3. The number of hydrogen-bond acceptors (Lipinski definition) is 2. The molecule has 1 saturated carbocycles. The molecule has 2 unspecified atom stereocenters. The summed E-state index contributed by atoms with van der Waals surface area (Å²) in [6.45, 7) is 4.28. The number of rotatable bonds is 4. The summed E-state index contributed by atoms with van der Waals surface area (Å²) in [4.78, 5) is 15.5. The van der Waals surface area contributed by atoms with Crippen LogP contribution in [0.4, 0.5) is 0 Å². The van der Waals surface area contributed by atoms with E-state index in [1.807, 2.05) is 30.5 Å². The number of methoxy groups -OCH3 is 1. The number of hydrogen-bond donors (Lipinski definition) is 2. The van der Waals surface area contributed by atoms with E-state index >= 15 is 0 Å². The van der Waals surface area contributed by atoms with Gasteiger partial charge in [0.2, 0.25) is 5.91 Å². The number of aromatic nitrogens is 1. The third-order valence-corrected chi connectivity index (χ3v) is 4.82. The molecule has 1 aromatic carbocycles. The fraction of sp³-hybridized carbons (Fsp3) is 0.471. The standard InChI is InChI=1S/C17H22N2O2/c1-17(2)14(9-15(17)21-3)19-16(20)8-11-10-18-13-7-5-4-6-12(11)13/h4-7,10,14-15,18H,8-9H2,1-3H3,(H,19,20). The molecule has 0 spiro atoms. The van der Waals surface area contributed by atoms with Crippen molar-refractivity contribution in [2.75, 3.05) is 7.11 Å². The second-order valence-electron chi connectivity index (χ2n) is 6.44. The Hall–Kier alpha value is -1.81. The van der Waals surface area contributed by atoms with Crippen molar-refractivity contribution in [1.29, 1.82) is 0 Å². The number of amides is 1. The monoisotopic (exact) mass is 286 g/mol. The molecule has 2 atom stereocenters. The summed E-state index contributed by atoms with van der Waals surface area (Å²) in [5.74, 6) is 0.0763. The van der Waals surface area contributed by atoms with Crippen molar-refractivity contribution in [1.82, 2.24) is 10.3 Å². The molecule has 1 amide bonds. The fourth-order valence-electron chi connectivity index (χ4n) is 3.23. The maximum atomic E-state index is 12.3. The molecule has 2 N–H and O–H groups in total. The van der Waals surface area contributed by atoms with Gasteiger partial charge in [0.25, 0.3) is 0 Å². The lowest BCUT2D eigenvalue weighted by molar-refractivity contribution is -0.132. The summed E-state index contributed by atoms with van der Waals surface area (Å²) in [6, 6.07) is 8.25. The number of carbonyl (C=O) groups is 1. The summed E-state index contributed by atoms with van der Waals surface area (Å²) in [5.41, 5.74) is 2.12. The number of para-hydroxylation sites is 1. The SMILES string of the molecule is COC1CC(NC(=O)Cc2c[nH]c3ccccc23)C1(C)C. The van der Waals surface area contributed by atoms with Crippen molar-refractivity contribution in [2.45, 2.75) is 38.8 Å². The van der Waals surface area contributed by atoms with Gasteiger partial charge in [0, 0.05) is 35.7 Å². The second kappa shape index (κ2) is 5.19. The largest absolute Gasteiger partial charge is 0.381 e. The zero-order valence-corrected chi connectivity index (χ0v) is 12.8. The number of benzene rings is 1. The molecular weight excluding hydrogens is 264 g/mol. The number of carbonyl (C=O) groups excluding carboxylic acids is 1. The maximum Gasteiger partial charge on any atom is 0.224 e. The molecule has 4 nitrogen and oxygen atoms in total. The van der Waals surface area contributed by atoms with E-state index in [0.29, 0.717) is 6.42 Å². The van der Waals surface area contributed by atoms with Crippen LogP contribution in [0, 0.1) is 5.41 Å². The van der Waals surface area contributed by atoms with Gasteiger partial charge in [-0.25, -0.2) is 0 Å². The molecule has 112 valence electrons. The molecule has 0 saturated heterocycles. The Balaban J connectivity index is 1.65. The van der Waals surface area contributed by atoms with Crippen molar-refractivity contribution in [3.05, 3.63) is 36.0 Å². The molecule has 1 aliphatic carbocycles. The van der Waals surface area contributed by atoms with Gasteiger partial charge in [-0.1, -0.05) is 32.0 Å². The highest BCUT2D eigenvalue weighted by atomic mass is 16.5. The minimum absolute atomic E-state index is 0.00459. The van der Waals surface area contributed by atoms with Crippen molar-refractivity contribution in [3.8, 4) is 0 Å².